The maximum Gasteiger partial charge on any atom is 0.259 e. The number of rotatable bonds is 7. The first-order chi connectivity index (χ1) is 18.5. The smallest absolute Gasteiger partial charge is 0.259 e. The molecule has 0 fully saturated rings. The van der Waals surface area contributed by atoms with Gasteiger partial charge in [-0.15, -0.1) is 11.3 Å². The summed E-state index contributed by atoms with van der Waals surface area (Å²) in [7, 11) is 0. The highest BCUT2D eigenvalue weighted by Gasteiger charge is 2.25. The van der Waals surface area contributed by atoms with Gasteiger partial charge in [-0.2, -0.15) is 5.26 Å². The molecule has 38 heavy (non-hydrogen) atoms. The molecule has 0 spiro atoms. The van der Waals surface area contributed by atoms with E-state index in [9.17, 15) is 10.1 Å². The molecule has 0 atom stereocenters. The number of thiophene rings is 1. The van der Waals surface area contributed by atoms with Crippen LogP contribution < -0.4 is 10.1 Å². The van der Waals surface area contributed by atoms with E-state index in [1.807, 2.05) is 54.6 Å². The Morgan fingerprint density at radius 2 is 1.89 bits per heavy atom. The van der Waals surface area contributed by atoms with Crippen LogP contribution in [-0.2, 0) is 19.4 Å². The highest BCUT2D eigenvalue weighted by atomic mass is 127. The van der Waals surface area contributed by atoms with Crippen LogP contribution >= 0.6 is 45.5 Å². The first-order valence-electron chi connectivity index (χ1n) is 12.2. The molecule has 1 aliphatic carbocycles. The Morgan fingerprint density at radius 1 is 1.13 bits per heavy atom. The highest BCUT2D eigenvalue weighted by Crippen LogP contribution is 2.40. The zero-order valence-corrected chi connectivity index (χ0v) is 24.1. The van der Waals surface area contributed by atoms with Crippen molar-refractivity contribution in [1.29, 1.82) is 5.26 Å². The van der Waals surface area contributed by atoms with Gasteiger partial charge in [-0.05, 0) is 84.2 Å². The lowest BCUT2D eigenvalue weighted by Crippen LogP contribution is -2.14. The number of nitrogens with zero attached hydrogens (tertiary/aromatic N) is 2. The fraction of sp³-hybridized carbons (Fsp3) is 0.167. The quantitative estimate of drug-likeness (QED) is 0.161. The molecule has 1 aromatic heterocycles. The first-order valence-corrected chi connectivity index (χ1v) is 14.5. The van der Waals surface area contributed by atoms with Crippen LogP contribution in [0.15, 0.2) is 71.7 Å². The number of carbonyl (C=O) groups excluding carboxylic acids is 1. The van der Waals surface area contributed by atoms with Crippen LogP contribution in [0.5, 0.6) is 5.75 Å². The summed E-state index contributed by atoms with van der Waals surface area (Å²) < 4.78 is 7.03. The molecular formula is C30H23ClIN3O2S. The number of amides is 1. The second kappa shape index (κ2) is 12.1. The van der Waals surface area contributed by atoms with Gasteiger partial charge in [0.25, 0.3) is 5.91 Å². The molecule has 0 radical (unpaired) electrons. The van der Waals surface area contributed by atoms with Gasteiger partial charge in [-0.1, -0.05) is 48.0 Å². The molecule has 0 saturated carbocycles. The number of carbonyl (C=O) groups is 1. The topological polar surface area (TPSA) is 74.5 Å². The number of ether oxygens (including phenoxy) is 1. The third-order valence-electron chi connectivity index (χ3n) is 6.28. The number of hydrogen-bond acceptors (Lipinski definition) is 5. The number of nitrogens with one attached hydrogen (secondary N) is 1. The van der Waals surface area contributed by atoms with Gasteiger partial charge in [0.15, 0.2) is 0 Å². The number of benzene rings is 3. The number of anilines is 1. The lowest BCUT2D eigenvalue weighted by Gasteiger charge is -2.13. The van der Waals surface area contributed by atoms with Crippen LogP contribution in [0.25, 0.3) is 0 Å². The summed E-state index contributed by atoms with van der Waals surface area (Å²) in [6.45, 7) is 0.236. The number of fused-ring (bicyclic) bond motifs is 1. The number of aliphatic imine (C=N–C) groups is 1. The molecule has 3 aromatic carbocycles. The van der Waals surface area contributed by atoms with Gasteiger partial charge in [0.2, 0.25) is 0 Å². The van der Waals surface area contributed by atoms with E-state index in [2.05, 4.69) is 34.0 Å². The largest absolute Gasteiger partial charge is 0.487 e. The monoisotopic (exact) mass is 651 g/mol. The molecule has 4 aromatic rings. The molecule has 1 N–H and O–H groups in total. The highest BCUT2D eigenvalue weighted by molar-refractivity contribution is 14.1. The van der Waals surface area contributed by atoms with Crippen LogP contribution in [0.3, 0.4) is 0 Å². The maximum absolute atomic E-state index is 13.4. The fourth-order valence-electron chi connectivity index (χ4n) is 4.45. The van der Waals surface area contributed by atoms with Crippen LogP contribution in [0.4, 0.5) is 10.7 Å². The lowest BCUT2D eigenvalue weighted by atomic mass is 9.95. The van der Waals surface area contributed by atoms with E-state index >= 15 is 0 Å². The number of nitriles is 1. The Hall–Kier alpha value is -3.19. The Morgan fingerprint density at radius 3 is 2.71 bits per heavy atom. The second-order valence-electron chi connectivity index (χ2n) is 8.83. The summed E-state index contributed by atoms with van der Waals surface area (Å²) in [5.74, 6) is 0.483. The Balaban J connectivity index is 1.48. The van der Waals surface area contributed by atoms with Crippen LogP contribution in [-0.4, -0.2) is 12.1 Å². The summed E-state index contributed by atoms with van der Waals surface area (Å²) >= 11 is 10.2. The molecule has 190 valence electrons. The molecule has 1 amide bonds. The summed E-state index contributed by atoms with van der Waals surface area (Å²) in [6, 6.07) is 22.7. The van der Waals surface area contributed by atoms with E-state index in [1.54, 1.807) is 29.7 Å². The Bertz CT molecular complexity index is 1560. The van der Waals surface area contributed by atoms with E-state index in [0.717, 1.165) is 46.1 Å². The number of hydrogen-bond donors (Lipinski definition) is 1. The Kier molecular flexibility index (Phi) is 8.42. The van der Waals surface area contributed by atoms with Gasteiger partial charge in [-0.25, -0.2) is 4.99 Å². The predicted octanol–water partition coefficient (Wildman–Crippen LogP) is 8.34. The molecule has 0 aliphatic heterocycles. The fourth-order valence-corrected chi connectivity index (χ4v) is 6.90. The molecule has 1 aliphatic rings. The molecular weight excluding hydrogens is 629 g/mol. The molecule has 0 unspecified atom stereocenters. The second-order valence-corrected chi connectivity index (χ2v) is 11.5. The summed E-state index contributed by atoms with van der Waals surface area (Å²) in [4.78, 5) is 19.5. The van der Waals surface area contributed by atoms with E-state index in [0.29, 0.717) is 32.5 Å². The summed E-state index contributed by atoms with van der Waals surface area (Å²) in [6.07, 6.45) is 5.73. The van der Waals surface area contributed by atoms with Crippen LogP contribution in [0.2, 0.25) is 5.02 Å². The minimum atomic E-state index is -0.145. The van der Waals surface area contributed by atoms with E-state index in [-0.39, 0.29) is 12.5 Å². The van der Waals surface area contributed by atoms with Gasteiger partial charge >= 0.3 is 0 Å². The third-order valence-corrected chi connectivity index (χ3v) is 8.50. The van der Waals surface area contributed by atoms with E-state index in [1.165, 1.54) is 4.88 Å². The van der Waals surface area contributed by atoms with Gasteiger partial charge < -0.3 is 10.1 Å². The van der Waals surface area contributed by atoms with Crippen molar-refractivity contribution in [2.75, 3.05) is 5.32 Å². The van der Waals surface area contributed by atoms with Crippen molar-refractivity contribution in [3.8, 4) is 11.8 Å². The number of halogens is 2. The zero-order valence-electron chi connectivity index (χ0n) is 20.3. The molecule has 0 bridgehead atoms. The SMILES string of the molecule is N#Cc1ccccc1COc1c(I)cc(Cl)cc1C=Nc1sc2c(c1C(=O)Nc1ccccc1)CCCC2. The average Bonchev–Trinajstić information content (AvgIpc) is 3.30. The van der Waals surface area contributed by atoms with E-state index < -0.39 is 0 Å². The number of para-hydroxylation sites is 1. The Labute approximate surface area is 244 Å². The van der Waals surface area contributed by atoms with Crippen molar-refractivity contribution < 1.29 is 9.53 Å². The van der Waals surface area contributed by atoms with Crippen molar-refractivity contribution >= 4 is 68.3 Å². The average molecular weight is 652 g/mol. The predicted molar refractivity (Wildman–Crippen MR) is 162 cm³/mol. The van der Waals surface area contributed by atoms with Crippen molar-refractivity contribution in [3.63, 3.8) is 0 Å². The standard InChI is InChI=1S/C30H23ClIN3O2S/c31-22-14-21(28(25(32)15-22)37-18-20-9-5-4-8-19(20)16-33)17-34-30-27(24-12-6-7-13-26(24)38-30)29(36)35-23-10-2-1-3-11-23/h1-5,8-11,14-15,17H,6-7,12-13,18H2,(H,35,36). The van der Waals surface area contributed by atoms with Gasteiger partial charge in [-0.3, -0.25) is 4.79 Å². The third kappa shape index (κ3) is 5.93. The molecule has 5 rings (SSSR count). The maximum atomic E-state index is 13.4. The summed E-state index contributed by atoms with van der Waals surface area (Å²) in [5, 5.41) is 13.7. The lowest BCUT2D eigenvalue weighted by molar-refractivity contribution is 0.102. The normalized spacial score (nSPS) is 12.7. The molecule has 0 saturated heterocycles. The minimum Gasteiger partial charge on any atom is -0.487 e. The van der Waals surface area contributed by atoms with Gasteiger partial charge in [0.05, 0.1) is 20.8 Å². The van der Waals surface area contributed by atoms with E-state index in [4.69, 9.17) is 21.3 Å². The molecule has 5 nitrogen and oxygen atoms in total. The van der Waals surface area contributed by atoms with Gasteiger partial charge in [0, 0.05) is 32.9 Å². The van der Waals surface area contributed by atoms with Gasteiger partial charge in [0.1, 0.15) is 17.4 Å². The van der Waals surface area contributed by atoms with Crippen molar-refractivity contribution in [2.45, 2.75) is 32.3 Å². The van der Waals surface area contributed by atoms with Crippen molar-refractivity contribution in [3.05, 3.63) is 108 Å². The van der Waals surface area contributed by atoms with Crippen molar-refractivity contribution in [1.82, 2.24) is 0 Å². The first kappa shape index (κ1) is 26.4. The zero-order chi connectivity index (χ0) is 26.5. The molecule has 1 heterocycles. The van der Waals surface area contributed by atoms with Crippen molar-refractivity contribution in [2.24, 2.45) is 4.99 Å². The van der Waals surface area contributed by atoms with Crippen LogP contribution in [0.1, 0.15) is 50.3 Å². The van der Waals surface area contributed by atoms with Crippen LogP contribution in [0, 0.1) is 14.9 Å². The minimum absolute atomic E-state index is 0.145. The number of aryl methyl sites for hydroxylation is 1. The molecule has 8 heteroatoms. The summed E-state index contributed by atoms with van der Waals surface area (Å²) in [5.41, 5.74) is 4.58.